The summed E-state index contributed by atoms with van der Waals surface area (Å²) in [5, 5.41) is 4.96. The van der Waals surface area contributed by atoms with E-state index < -0.39 is 19.9 Å². The summed E-state index contributed by atoms with van der Waals surface area (Å²) in [4.78, 5) is 28.2. The second-order valence-corrected chi connectivity index (χ2v) is 5.04. The van der Waals surface area contributed by atoms with Crippen LogP contribution in [-0.2, 0) is 4.57 Å². The maximum Gasteiger partial charge on any atom is 0.344 e. The Labute approximate surface area is 96.8 Å². The Morgan fingerprint density at radius 2 is 1.88 bits per heavy atom. The van der Waals surface area contributed by atoms with Crippen LogP contribution in [0.5, 0.6) is 0 Å². The highest BCUT2D eigenvalue weighted by atomic mass is 35.5. The van der Waals surface area contributed by atoms with Crippen LogP contribution >= 0.6 is 19.2 Å². The first kappa shape index (κ1) is 13.0. The fourth-order valence-electron chi connectivity index (χ4n) is 0.883. The minimum atomic E-state index is -4.23. The lowest BCUT2D eigenvalue weighted by molar-refractivity contribution is 0.252. The third-order valence-electron chi connectivity index (χ3n) is 1.55. The highest BCUT2D eigenvalue weighted by Gasteiger charge is 2.13. The van der Waals surface area contributed by atoms with Crippen molar-refractivity contribution in [2.75, 3.05) is 11.6 Å². The maximum absolute atomic E-state index is 11.1. The van der Waals surface area contributed by atoms with Crippen molar-refractivity contribution in [1.82, 2.24) is 5.32 Å². The standard InChI is InChI=1S/C8H10ClN2O4P/c9-6-1-3-7(4-2-6)11-8(12)10-5-16(13,14)15/h1-4H,5H2,(H2,10,11,12)(H2,13,14,15). The van der Waals surface area contributed by atoms with E-state index in [9.17, 15) is 9.36 Å². The Hall–Kier alpha value is -1.07. The molecule has 0 atom stereocenters. The molecule has 4 N–H and O–H groups in total. The van der Waals surface area contributed by atoms with E-state index in [-0.39, 0.29) is 0 Å². The number of carbonyl (C=O) groups excluding carboxylic acids is 1. The van der Waals surface area contributed by atoms with Gasteiger partial charge >= 0.3 is 13.6 Å². The molecule has 0 unspecified atom stereocenters. The smallest absolute Gasteiger partial charge is 0.326 e. The van der Waals surface area contributed by atoms with E-state index in [1.165, 1.54) is 0 Å². The number of amides is 2. The monoisotopic (exact) mass is 264 g/mol. The first-order chi connectivity index (χ1) is 7.37. The lowest BCUT2D eigenvalue weighted by Crippen LogP contribution is -2.29. The molecule has 6 nitrogen and oxygen atoms in total. The second kappa shape index (κ2) is 5.32. The molecule has 0 aliphatic heterocycles. The highest BCUT2D eigenvalue weighted by molar-refractivity contribution is 7.51. The van der Waals surface area contributed by atoms with Gasteiger partial charge in [0.2, 0.25) is 0 Å². The number of urea groups is 1. The summed E-state index contributed by atoms with van der Waals surface area (Å²) in [7, 11) is -4.23. The van der Waals surface area contributed by atoms with Crippen molar-refractivity contribution in [1.29, 1.82) is 0 Å². The zero-order chi connectivity index (χ0) is 12.2. The van der Waals surface area contributed by atoms with Gasteiger partial charge in [0.15, 0.2) is 0 Å². The van der Waals surface area contributed by atoms with Gasteiger partial charge in [0.05, 0.1) is 0 Å². The van der Waals surface area contributed by atoms with Gasteiger partial charge in [-0.1, -0.05) is 11.6 Å². The van der Waals surface area contributed by atoms with Crippen LogP contribution in [0.2, 0.25) is 5.02 Å². The average molecular weight is 265 g/mol. The van der Waals surface area contributed by atoms with Crippen LogP contribution in [0.25, 0.3) is 0 Å². The molecule has 0 heterocycles. The fraction of sp³-hybridized carbons (Fsp3) is 0.125. The highest BCUT2D eigenvalue weighted by Crippen LogP contribution is 2.31. The van der Waals surface area contributed by atoms with Gasteiger partial charge in [0.25, 0.3) is 0 Å². The van der Waals surface area contributed by atoms with Crippen molar-refractivity contribution in [3.05, 3.63) is 29.3 Å². The molecule has 8 heteroatoms. The molecule has 0 saturated carbocycles. The van der Waals surface area contributed by atoms with Gasteiger partial charge in [-0.15, -0.1) is 0 Å². The molecule has 1 aromatic carbocycles. The SMILES string of the molecule is O=C(NCP(=O)(O)O)Nc1ccc(Cl)cc1. The van der Waals surface area contributed by atoms with E-state index in [4.69, 9.17) is 21.4 Å². The number of rotatable bonds is 3. The lowest BCUT2D eigenvalue weighted by atomic mass is 10.3. The maximum atomic E-state index is 11.1. The molecule has 1 aromatic rings. The number of hydrogen-bond donors (Lipinski definition) is 4. The number of carbonyl (C=O) groups is 1. The molecule has 0 spiro atoms. The predicted molar refractivity (Wildman–Crippen MR) is 60.5 cm³/mol. The first-order valence-corrected chi connectivity index (χ1v) is 6.39. The van der Waals surface area contributed by atoms with Crippen molar-refractivity contribution >= 4 is 30.9 Å². The largest absolute Gasteiger partial charge is 0.344 e. The molecule has 2 amide bonds. The molecular formula is C8H10ClN2O4P. The van der Waals surface area contributed by atoms with Crippen molar-refractivity contribution < 1.29 is 19.1 Å². The molecule has 1 rings (SSSR count). The Morgan fingerprint density at radius 3 is 2.38 bits per heavy atom. The fourth-order valence-corrected chi connectivity index (χ4v) is 1.36. The first-order valence-electron chi connectivity index (χ1n) is 4.22. The molecule has 0 saturated heterocycles. The summed E-state index contributed by atoms with van der Waals surface area (Å²) < 4.78 is 10.5. The van der Waals surface area contributed by atoms with Gasteiger partial charge in [0.1, 0.15) is 6.29 Å². The molecule has 0 aliphatic carbocycles. The molecule has 16 heavy (non-hydrogen) atoms. The second-order valence-electron chi connectivity index (χ2n) is 2.96. The quantitative estimate of drug-likeness (QED) is 0.623. The minimum Gasteiger partial charge on any atom is -0.326 e. The Bertz CT molecular complexity index is 417. The Kier molecular flexibility index (Phi) is 4.32. The van der Waals surface area contributed by atoms with Gasteiger partial charge in [-0.05, 0) is 24.3 Å². The Morgan fingerprint density at radius 1 is 1.31 bits per heavy atom. The average Bonchev–Trinajstić information content (AvgIpc) is 2.18. The number of nitrogens with one attached hydrogen (secondary N) is 2. The van der Waals surface area contributed by atoms with E-state index in [1.54, 1.807) is 24.3 Å². The van der Waals surface area contributed by atoms with Crippen molar-refractivity contribution in [2.24, 2.45) is 0 Å². The van der Waals surface area contributed by atoms with Gasteiger partial charge < -0.3 is 20.4 Å². The number of benzene rings is 1. The topological polar surface area (TPSA) is 98.7 Å². The van der Waals surface area contributed by atoms with E-state index in [1.807, 2.05) is 5.32 Å². The van der Waals surface area contributed by atoms with Crippen molar-refractivity contribution in [2.45, 2.75) is 0 Å². The Balaban J connectivity index is 2.46. The van der Waals surface area contributed by atoms with Crippen molar-refractivity contribution in [3.8, 4) is 0 Å². The van der Waals surface area contributed by atoms with Crippen LogP contribution in [0.15, 0.2) is 24.3 Å². The molecule has 88 valence electrons. The number of halogens is 1. The van der Waals surface area contributed by atoms with E-state index in [0.29, 0.717) is 10.7 Å². The molecule has 0 radical (unpaired) electrons. The number of anilines is 1. The van der Waals surface area contributed by atoms with Gasteiger partial charge in [0, 0.05) is 10.7 Å². The van der Waals surface area contributed by atoms with E-state index in [2.05, 4.69) is 5.32 Å². The molecule has 0 aliphatic rings. The van der Waals surface area contributed by atoms with Gasteiger partial charge in [-0.3, -0.25) is 4.57 Å². The van der Waals surface area contributed by atoms with Crippen LogP contribution in [-0.4, -0.2) is 22.1 Å². The van der Waals surface area contributed by atoms with Crippen LogP contribution in [0, 0.1) is 0 Å². The normalized spacial score (nSPS) is 10.9. The predicted octanol–water partition coefficient (Wildman–Crippen LogP) is 1.60. The number of hydrogen-bond acceptors (Lipinski definition) is 2. The summed E-state index contributed by atoms with van der Waals surface area (Å²) in [6.07, 6.45) is -0.702. The van der Waals surface area contributed by atoms with E-state index >= 15 is 0 Å². The van der Waals surface area contributed by atoms with Crippen LogP contribution in [0.3, 0.4) is 0 Å². The minimum absolute atomic E-state index is 0.479. The molecule has 0 bridgehead atoms. The van der Waals surface area contributed by atoms with Crippen LogP contribution in [0.4, 0.5) is 10.5 Å². The third-order valence-corrected chi connectivity index (χ3v) is 2.37. The molecule has 0 fully saturated rings. The third kappa shape index (κ3) is 5.14. The van der Waals surface area contributed by atoms with Crippen LogP contribution in [0.1, 0.15) is 0 Å². The van der Waals surface area contributed by atoms with Crippen molar-refractivity contribution in [3.63, 3.8) is 0 Å². The van der Waals surface area contributed by atoms with Crippen LogP contribution < -0.4 is 10.6 Å². The summed E-state index contributed by atoms with van der Waals surface area (Å²) in [5.41, 5.74) is 0.479. The summed E-state index contributed by atoms with van der Waals surface area (Å²) >= 11 is 5.64. The summed E-state index contributed by atoms with van der Waals surface area (Å²) in [6.45, 7) is 0. The molecular weight excluding hydrogens is 255 g/mol. The zero-order valence-corrected chi connectivity index (χ0v) is 9.70. The lowest BCUT2D eigenvalue weighted by Gasteiger charge is -2.08. The van der Waals surface area contributed by atoms with E-state index in [0.717, 1.165) is 0 Å². The van der Waals surface area contributed by atoms with Gasteiger partial charge in [-0.25, -0.2) is 4.79 Å². The van der Waals surface area contributed by atoms with Gasteiger partial charge in [-0.2, -0.15) is 0 Å². The molecule has 0 aromatic heterocycles. The zero-order valence-electron chi connectivity index (χ0n) is 8.05. The summed E-state index contributed by atoms with van der Waals surface area (Å²) in [5.74, 6) is 0. The summed E-state index contributed by atoms with van der Waals surface area (Å²) in [6, 6.07) is 5.62.